The Bertz CT molecular complexity index is 2280. The summed E-state index contributed by atoms with van der Waals surface area (Å²) in [6.45, 7) is 9.75. The second-order valence-electron chi connectivity index (χ2n) is 14.3. The maximum atomic E-state index is 13.5. The van der Waals surface area contributed by atoms with E-state index < -0.39 is 6.03 Å². The molecule has 7 rings (SSSR count). The van der Waals surface area contributed by atoms with Gasteiger partial charge in [-0.2, -0.15) is 5.10 Å². The van der Waals surface area contributed by atoms with Gasteiger partial charge in [0.25, 0.3) is 5.91 Å². The fourth-order valence-corrected chi connectivity index (χ4v) is 6.19. The lowest BCUT2D eigenvalue weighted by molar-refractivity contribution is 0.0718. The van der Waals surface area contributed by atoms with Gasteiger partial charge >= 0.3 is 6.03 Å². The third-order valence-corrected chi connectivity index (χ3v) is 9.24. The lowest BCUT2D eigenvalue weighted by Crippen LogP contribution is -2.30. The summed E-state index contributed by atoms with van der Waals surface area (Å²) in [6.07, 6.45) is 5.53. The van der Waals surface area contributed by atoms with Crippen molar-refractivity contribution in [1.82, 2.24) is 29.6 Å². The summed E-state index contributed by atoms with van der Waals surface area (Å²) in [5, 5.41) is 15.7. The molecule has 0 radical (unpaired) electrons. The fraction of sp³-hybridized carbons (Fsp3) is 0.268. The Balaban J connectivity index is 1.01. The van der Waals surface area contributed by atoms with Crippen LogP contribution >= 0.6 is 0 Å². The molecule has 13 nitrogen and oxygen atoms in total. The zero-order chi connectivity index (χ0) is 37.8. The highest BCUT2D eigenvalue weighted by molar-refractivity contribution is 6.07. The average Bonchev–Trinajstić information content (AvgIpc) is 3.83. The lowest BCUT2D eigenvalue weighted by atomic mass is 9.92. The number of aromatic nitrogens is 5. The highest BCUT2D eigenvalue weighted by atomic mass is 16.5. The van der Waals surface area contributed by atoms with Gasteiger partial charge in [0.15, 0.2) is 0 Å². The zero-order valence-electron chi connectivity index (χ0n) is 31.0. The number of rotatable bonds is 10. The van der Waals surface area contributed by atoms with Crippen LogP contribution in [0.25, 0.3) is 16.5 Å². The molecule has 0 unspecified atom stereocenters. The van der Waals surface area contributed by atoms with Crippen molar-refractivity contribution in [1.29, 1.82) is 0 Å². The van der Waals surface area contributed by atoms with Gasteiger partial charge in [-0.05, 0) is 55.3 Å². The van der Waals surface area contributed by atoms with Crippen LogP contribution in [0.4, 0.5) is 27.9 Å². The number of hydrogen-bond acceptors (Lipinski definition) is 9. The van der Waals surface area contributed by atoms with E-state index in [0.717, 1.165) is 39.7 Å². The topological polar surface area (TPSA) is 148 Å². The second-order valence-corrected chi connectivity index (χ2v) is 14.3. The highest BCUT2D eigenvalue weighted by Crippen LogP contribution is 2.33. The van der Waals surface area contributed by atoms with E-state index in [2.05, 4.69) is 51.7 Å². The summed E-state index contributed by atoms with van der Waals surface area (Å²) in [5.74, 6) is 2.08. The summed E-state index contributed by atoms with van der Waals surface area (Å²) in [4.78, 5) is 41.1. The Kier molecular flexibility index (Phi) is 10.2. The molecule has 276 valence electrons. The molecule has 3 amide bonds. The van der Waals surface area contributed by atoms with Crippen LogP contribution in [0, 0.1) is 6.92 Å². The van der Waals surface area contributed by atoms with Gasteiger partial charge < -0.3 is 25.0 Å². The van der Waals surface area contributed by atoms with E-state index in [0.29, 0.717) is 42.0 Å². The van der Waals surface area contributed by atoms with Crippen LogP contribution in [0.2, 0.25) is 0 Å². The molecule has 0 spiro atoms. The summed E-state index contributed by atoms with van der Waals surface area (Å²) in [7, 11) is 1.66. The number of anilines is 4. The number of carbonyl (C=O) groups excluding carboxylic acids is 2. The number of aryl methyl sites for hydroxylation is 1. The summed E-state index contributed by atoms with van der Waals surface area (Å²) in [5.41, 5.74) is 4.43. The SMILES string of the molecule is CO[C@H]1CCN(C(=O)c2cnc(Nc3cc(COc4ccc(NC(=O)Nc5cc(C(C)(C)C)nn5-c5ccc(C)cc5)c5ccccc45)ccn3)cn2)C1. The van der Waals surface area contributed by atoms with Crippen molar-refractivity contribution in [2.45, 2.75) is 52.2 Å². The number of benzene rings is 3. The number of amides is 3. The highest BCUT2D eigenvalue weighted by Gasteiger charge is 2.28. The van der Waals surface area contributed by atoms with Crippen LogP contribution in [0.3, 0.4) is 0 Å². The zero-order valence-corrected chi connectivity index (χ0v) is 31.0. The number of fused-ring (bicyclic) bond motifs is 1. The first kappa shape index (κ1) is 36.0. The van der Waals surface area contributed by atoms with Gasteiger partial charge in [-0.25, -0.2) is 24.4 Å². The van der Waals surface area contributed by atoms with Crippen molar-refractivity contribution in [2.75, 3.05) is 36.1 Å². The van der Waals surface area contributed by atoms with Gasteiger partial charge in [-0.3, -0.25) is 10.1 Å². The number of carbonyl (C=O) groups is 2. The van der Waals surface area contributed by atoms with Crippen LogP contribution in [0.15, 0.2) is 97.5 Å². The van der Waals surface area contributed by atoms with Crippen molar-refractivity contribution in [3.05, 3.63) is 120 Å². The minimum absolute atomic E-state index is 0.0500. The van der Waals surface area contributed by atoms with Crippen molar-refractivity contribution in [2.24, 2.45) is 0 Å². The minimum Gasteiger partial charge on any atom is -0.488 e. The van der Waals surface area contributed by atoms with Gasteiger partial charge in [-0.1, -0.05) is 62.7 Å². The monoisotopic (exact) mass is 725 g/mol. The number of nitrogens with one attached hydrogen (secondary N) is 3. The van der Waals surface area contributed by atoms with Crippen molar-refractivity contribution in [3.8, 4) is 11.4 Å². The normalized spacial score (nSPS) is 14.2. The Morgan fingerprint density at radius 1 is 0.889 bits per heavy atom. The molecule has 1 fully saturated rings. The minimum atomic E-state index is -0.392. The molecule has 0 bridgehead atoms. The van der Waals surface area contributed by atoms with Crippen LogP contribution in [-0.2, 0) is 16.8 Å². The smallest absolute Gasteiger partial charge is 0.324 e. The number of nitrogens with zero attached hydrogens (tertiary/aromatic N) is 6. The van der Waals surface area contributed by atoms with Gasteiger partial charge in [0.2, 0.25) is 0 Å². The Labute approximate surface area is 313 Å². The molecular weight excluding hydrogens is 683 g/mol. The predicted octanol–water partition coefficient (Wildman–Crippen LogP) is 7.64. The fourth-order valence-electron chi connectivity index (χ4n) is 6.19. The molecule has 1 aliphatic rings. The third-order valence-electron chi connectivity index (χ3n) is 9.24. The summed E-state index contributed by atoms with van der Waals surface area (Å²) >= 11 is 0. The molecule has 13 heteroatoms. The van der Waals surface area contributed by atoms with Crippen LogP contribution in [-0.4, -0.2) is 67.9 Å². The standard InChI is InChI=1S/C41H43N9O4/c1-26-10-12-28(13-11-26)50-38(21-35(48-50)41(2,3)4)47-40(52)45-32-14-15-34(31-9-7-6-8-30(31)32)54-25-27-16-18-42-36(20-27)46-37-23-43-33(22-44-37)39(51)49-19-17-29(24-49)53-5/h6-16,18,20-23,29H,17,19,24-25H2,1-5H3,(H,42,44,46)(H2,45,47,52)/t29-/m0/s1. The van der Waals surface area contributed by atoms with E-state index in [4.69, 9.17) is 14.6 Å². The molecule has 3 N–H and O–H groups in total. The average molecular weight is 726 g/mol. The summed E-state index contributed by atoms with van der Waals surface area (Å²) < 4.78 is 13.4. The number of urea groups is 1. The van der Waals surface area contributed by atoms with Crippen molar-refractivity contribution in [3.63, 3.8) is 0 Å². The first-order valence-corrected chi connectivity index (χ1v) is 17.8. The van der Waals surface area contributed by atoms with E-state index in [9.17, 15) is 9.59 Å². The van der Waals surface area contributed by atoms with Gasteiger partial charge in [0, 0.05) is 48.6 Å². The number of ether oxygens (including phenoxy) is 2. The molecule has 54 heavy (non-hydrogen) atoms. The maximum absolute atomic E-state index is 13.5. The quantitative estimate of drug-likeness (QED) is 0.130. The number of methoxy groups -OCH3 is 1. The van der Waals surface area contributed by atoms with Crippen molar-refractivity contribution >= 4 is 45.9 Å². The third kappa shape index (κ3) is 8.16. The van der Waals surface area contributed by atoms with Crippen LogP contribution in [0.1, 0.15) is 54.5 Å². The molecule has 3 aromatic carbocycles. The number of pyridine rings is 1. The molecule has 0 aliphatic carbocycles. The molecule has 4 heterocycles. The first-order valence-electron chi connectivity index (χ1n) is 17.8. The molecule has 0 saturated carbocycles. The molecule has 1 saturated heterocycles. The Hall–Kier alpha value is -6.34. The van der Waals surface area contributed by atoms with Gasteiger partial charge in [0.1, 0.15) is 35.5 Å². The second kappa shape index (κ2) is 15.3. The molecule has 3 aromatic heterocycles. The molecular formula is C41H43N9O4. The van der Waals surface area contributed by atoms with E-state index in [1.54, 1.807) is 22.9 Å². The molecule has 1 atom stereocenters. The van der Waals surface area contributed by atoms with Crippen LogP contribution < -0.4 is 20.7 Å². The summed E-state index contributed by atoms with van der Waals surface area (Å²) in [6, 6.07) is 24.7. The molecule has 6 aromatic rings. The predicted molar refractivity (Wildman–Crippen MR) is 209 cm³/mol. The van der Waals surface area contributed by atoms with Crippen LogP contribution in [0.5, 0.6) is 5.75 Å². The Morgan fingerprint density at radius 2 is 1.69 bits per heavy atom. The number of hydrogen-bond donors (Lipinski definition) is 3. The number of likely N-dealkylation sites (tertiary alicyclic amines) is 1. The van der Waals surface area contributed by atoms with Gasteiger partial charge in [-0.15, -0.1) is 0 Å². The van der Waals surface area contributed by atoms with Crippen molar-refractivity contribution < 1.29 is 19.1 Å². The van der Waals surface area contributed by atoms with E-state index in [-0.39, 0.29) is 29.7 Å². The first-order chi connectivity index (χ1) is 26.0. The Morgan fingerprint density at radius 3 is 2.41 bits per heavy atom. The van der Waals surface area contributed by atoms with E-state index >= 15 is 0 Å². The lowest BCUT2D eigenvalue weighted by Gasteiger charge is -2.15. The molecule has 1 aliphatic heterocycles. The largest absolute Gasteiger partial charge is 0.488 e. The maximum Gasteiger partial charge on any atom is 0.324 e. The van der Waals surface area contributed by atoms with Gasteiger partial charge in [0.05, 0.1) is 35.6 Å². The van der Waals surface area contributed by atoms with E-state index in [1.165, 1.54) is 12.4 Å². The van der Waals surface area contributed by atoms with E-state index in [1.807, 2.05) is 85.8 Å².